The maximum atomic E-state index is 12.6. The van der Waals surface area contributed by atoms with Crippen LogP contribution < -0.4 is 4.74 Å². The number of Topliss-reactive ketones (excluding diaryl/α,β-unsaturated/α-hetero) is 1. The summed E-state index contributed by atoms with van der Waals surface area (Å²) in [5, 5.41) is 0. The first-order valence-corrected chi connectivity index (χ1v) is 10.7. The normalized spacial score (nSPS) is 16.5. The number of carbonyl (C=O) groups excluding carboxylic acids is 1. The van der Waals surface area contributed by atoms with Gasteiger partial charge in [0.15, 0.2) is 6.10 Å². The van der Waals surface area contributed by atoms with Crippen molar-refractivity contribution in [3.63, 3.8) is 0 Å². The monoisotopic (exact) mass is 403 g/mol. The molecule has 0 unspecified atom stereocenters. The second-order valence-corrected chi connectivity index (χ2v) is 8.85. The number of nitrogens with zero attached hydrogens (tertiary/aromatic N) is 1. The first-order valence-electron chi connectivity index (χ1n) is 9.25. The SMILES string of the molecule is Cc1ccc(C(=O)[C@H](C)Oc2ccc(S(=O)(=O)N3CCOCC3)cc2)cc1C. The van der Waals surface area contributed by atoms with Crippen LogP contribution >= 0.6 is 0 Å². The van der Waals surface area contributed by atoms with Gasteiger partial charge < -0.3 is 9.47 Å². The minimum Gasteiger partial charge on any atom is -0.483 e. The van der Waals surface area contributed by atoms with Crippen LogP contribution in [0.3, 0.4) is 0 Å². The minimum absolute atomic E-state index is 0.117. The average Bonchev–Trinajstić information content (AvgIpc) is 2.70. The van der Waals surface area contributed by atoms with Crippen LogP contribution in [0, 0.1) is 13.8 Å². The molecule has 6 nitrogen and oxygen atoms in total. The van der Waals surface area contributed by atoms with Crippen molar-refractivity contribution in [1.29, 1.82) is 0 Å². The van der Waals surface area contributed by atoms with Crippen LogP contribution in [0.5, 0.6) is 5.75 Å². The standard InChI is InChI=1S/C21H25NO5S/c1-15-4-5-18(14-16(15)2)21(23)17(3)27-19-6-8-20(9-7-19)28(24,25)22-10-12-26-13-11-22/h4-9,14,17H,10-13H2,1-3H3/t17-/m0/s1. The van der Waals surface area contributed by atoms with Gasteiger partial charge in [0.1, 0.15) is 5.75 Å². The molecule has 1 atom stereocenters. The van der Waals surface area contributed by atoms with Crippen molar-refractivity contribution in [1.82, 2.24) is 4.31 Å². The van der Waals surface area contributed by atoms with Crippen molar-refractivity contribution in [2.24, 2.45) is 0 Å². The van der Waals surface area contributed by atoms with E-state index in [0.717, 1.165) is 11.1 Å². The van der Waals surface area contributed by atoms with E-state index in [1.165, 1.54) is 16.4 Å². The average molecular weight is 404 g/mol. The van der Waals surface area contributed by atoms with Crippen LogP contribution in [0.1, 0.15) is 28.4 Å². The predicted octanol–water partition coefficient (Wildman–Crippen LogP) is 2.97. The van der Waals surface area contributed by atoms with E-state index in [-0.39, 0.29) is 10.7 Å². The molecule has 0 spiro atoms. The molecule has 0 N–H and O–H groups in total. The lowest BCUT2D eigenvalue weighted by Gasteiger charge is -2.26. The number of aryl methyl sites for hydroxylation is 2. The van der Waals surface area contributed by atoms with Crippen molar-refractivity contribution in [3.05, 3.63) is 59.2 Å². The molecule has 3 rings (SSSR count). The molecular weight excluding hydrogens is 378 g/mol. The van der Waals surface area contributed by atoms with Gasteiger partial charge in [0.05, 0.1) is 18.1 Å². The Labute approximate surface area is 166 Å². The second kappa shape index (κ2) is 8.43. The Kier molecular flexibility index (Phi) is 6.17. The molecule has 7 heteroatoms. The molecule has 0 bridgehead atoms. The Bertz CT molecular complexity index is 947. The Hall–Kier alpha value is -2.22. The highest BCUT2D eigenvalue weighted by Gasteiger charge is 2.26. The molecule has 1 saturated heterocycles. The molecular formula is C21H25NO5S. The van der Waals surface area contributed by atoms with Crippen LogP contribution in [-0.4, -0.2) is 50.9 Å². The van der Waals surface area contributed by atoms with E-state index < -0.39 is 16.1 Å². The Balaban J connectivity index is 1.69. The topological polar surface area (TPSA) is 72.9 Å². The van der Waals surface area contributed by atoms with Crippen LogP contribution in [0.15, 0.2) is 47.4 Å². The van der Waals surface area contributed by atoms with Crippen LogP contribution in [0.4, 0.5) is 0 Å². The van der Waals surface area contributed by atoms with E-state index in [2.05, 4.69) is 0 Å². The minimum atomic E-state index is -3.54. The fraction of sp³-hybridized carbons (Fsp3) is 0.381. The third kappa shape index (κ3) is 4.43. The molecule has 0 aliphatic carbocycles. The lowest BCUT2D eigenvalue weighted by Crippen LogP contribution is -2.40. The van der Waals surface area contributed by atoms with Gasteiger partial charge in [-0.25, -0.2) is 8.42 Å². The van der Waals surface area contributed by atoms with Crippen molar-refractivity contribution in [2.45, 2.75) is 31.8 Å². The number of ether oxygens (including phenoxy) is 2. The number of hydrogen-bond acceptors (Lipinski definition) is 5. The van der Waals surface area contributed by atoms with Crippen LogP contribution in [0.25, 0.3) is 0 Å². The molecule has 0 aromatic heterocycles. The Morgan fingerprint density at radius 3 is 2.29 bits per heavy atom. The third-order valence-electron chi connectivity index (χ3n) is 4.91. The van der Waals surface area contributed by atoms with Gasteiger partial charge >= 0.3 is 0 Å². The summed E-state index contributed by atoms with van der Waals surface area (Å²) in [5.41, 5.74) is 2.78. The molecule has 0 amide bonds. The first kappa shape index (κ1) is 20.5. The summed E-state index contributed by atoms with van der Waals surface area (Å²) >= 11 is 0. The summed E-state index contributed by atoms with van der Waals surface area (Å²) in [6, 6.07) is 11.7. The lowest BCUT2D eigenvalue weighted by molar-refractivity contribution is 0.0730. The molecule has 2 aromatic rings. The zero-order valence-electron chi connectivity index (χ0n) is 16.3. The van der Waals surface area contributed by atoms with Crippen molar-refractivity contribution in [3.8, 4) is 5.75 Å². The molecule has 150 valence electrons. The summed E-state index contributed by atoms with van der Waals surface area (Å²) < 4.78 is 37.7. The largest absolute Gasteiger partial charge is 0.483 e. The maximum Gasteiger partial charge on any atom is 0.243 e. The van der Waals surface area contributed by atoms with Crippen LogP contribution in [0.2, 0.25) is 0 Å². The van der Waals surface area contributed by atoms with Gasteiger partial charge in [-0.1, -0.05) is 12.1 Å². The molecule has 2 aromatic carbocycles. The molecule has 28 heavy (non-hydrogen) atoms. The first-order chi connectivity index (χ1) is 13.3. The van der Waals surface area contributed by atoms with Crippen molar-refractivity contribution in [2.75, 3.05) is 26.3 Å². The van der Waals surface area contributed by atoms with E-state index in [9.17, 15) is 13.2 Å². The van der Waals surface area contributed by atoms with Gasteiger partial charge in [0, 0.05) is 18.7 Å². The number of benzene rings is 2. The highest BCUT2D eigenvalue weighted by atomic mass is 32.2. The van der Waals surface area contributed by atoms with Crippen molar-refractivity contribution < 1.29 is 22.7 Å². The smallest absolute Gasteiger partial charge is 0.243 e. The number of rotatable bonds is 6. The van der Waals surface area contributed by atoms with E-state index in [4.69, 9.17) is 9.47 Å². The summed E-state index contributed by atoms with van der Waals surface area (Å²) in [5.74, 6) is 0.332. The summed E-state index contributed by atoms with van der Waals surface area (Å²) in [6.45, 7) is 7.15. The van der Waals surface area contributed by atoms with Gasteiger partial charge in [0.25, 0.3) is 0 Å². The second-order valence-electron chi connectivity index (χ2n) is 6.91. The van der Waals surface area contributed by atoms with Gasteiger partial charge in [-0.3, -0.25) is 4.79 Å². The summed E-state index contributed by atoms with van der Waals surface area (Å²) in [7, 11) is -3.54. The van der Waals surface area contributed by atoms with Crippen molar-refractivity contribution >= 4 is 15.8 Å². The zero-order chi connectivity index (χ0) is 20.3. The van der Waals surface area contributed by atoms with Crippen LogP contribution in [-0.2, 0) is 14.8 Å². The summed E-state index contributed by atoms with van der Waals surface area (Å²) in [6.07, 6.45) is -0.677. The van der Waals surface area contributed by atoms with Gasteiger partial charge in [-0.2, -0.15) is 4.31 Å². The lowest BCUT2D eigenvalue weighted by atomic mass is 10.0. The molecule has 1 heterocycles. The molecule has 1 fully saturated rings. The van der Waals surface area contributed by atoms with E-state index in [1.807, 2.05) is 26.0 Å². The highest BCUT2D eigenvalue weighted by Crippen LogP contribution is 2.22. The van der Waals surface area contributed by atoms with E-state index >= 15 is 0 Å². The quantitative estimate of drug-likeness (QED) is 0.694. The summed E-state index contributed by atoms with van der Waals surface area (Å²) in [4.78, 5) is 12.8. The molecule has 0 saturated carbocycles. The predicted molar refractivity (Wildman–Crippen MR) is 106 cm³/mol. The molecule has 1 aliphatic rings. The number of ketones is 1. The number of hydrogen-bond donors (Lipinski definition) is 0. The number of morpholine rings is 1. The number of sulfonamides is 1. The fourth-order valence-electron chi connectivity index (χ4n) is 3.01. The van der Waals surface area contributed by atoms with Gasteiger partial charge in [-0.15, -0.1) is 0 Å². The maximum absolute atomic E-state index is 12.6. The van der Waals surface area contributed by atoms with E-state index in [0.29, 0.717) is 37.6 Å². The highest BCUT2D eigenvalue weighted by molar-refractivity contribution is 7.89. The Morgan fingerprint density at radius 1 is 1.04 bits per heavy atom. The molecule has 1 aliphatic heterocycles. The van der Waals surface area contributed by atoms with Gasteiger partial charge in [0.2, 0.25) is 15.8 Å². The zero-order valence-corrected chi connectivity index (χ0v) is 17.2. The van der Waals surface area contributed by atoms with E-state index in [1.54, 1.807) is 25.1 Å². The van der Waals surface area contributed by atoms with Gasteiger partial charge in [-0.05, 0) is 62.2 Å². The fourth-order valence-corrected chi connectivity index (χ4v) is 4.42. The Morgan fingerprint density at radius 2 is 1.68 bits per heavy atom. The molecule has 0 radical (unpaired) electrons. The number of carbonyl (C=O) groups is 1. The third-order valence-corrected chi connectivity index (χ3v) is 6.82.